The van der Waals surface area contributed by atoms with Crippen molar-refractivity contribution in [1.29, 1.82) is 5.26 Å². The van der Waals surface area contributed by atoms with Gasteiger partial charge in [-0.05, 0) is 42.8 Å². The smallest absolute Gasteiger partial charge is 0.416 e. The minimum absolute atomic E-state index is 0.222. The second kappa shape index (κ2) is 10.7. The van der Waals surface area contributed by atoms with Gasteiger partial charge in [0.15, 0.2) is 0 Å². The molecule has 200 valence electrons. The van der Waals surface area contributed by atoms with Gasteiger partial charge in [0.2, 0.25) is 0 Å². The van der Waals surface area contributed by atoms with Crippen LogP contribution < -0.4 is 10.6 Å². The summed E-state index contributed by atoms with van der Waals surface area (Å²) < 4.78 is 40.7. The van der Waals surface area contributed by atoms with Crippen molar-refractivity contribution in [2.75, 3.05) is 10.6 Å². The molecule has 5 rings (SSSR count). The summed E-state index contributed by atoms with van der Waals surface area (Å²) in [5.41, 5.74) is 1.90. The molecule has 4 N–H and O–H groups in total. The largest absolute Gasteiger partial charge is 0.481 e. The highest BCUT2D eigenvalue weighted by atomic mass is 19.4. The maximum absolute atomic E-state index is 13.4. The molecule has 3 heterocycles. The second-order valence-corrected chi connectivity index (χ2v) is 8.52. The zero-order valence-electron chi connectivity index (χ0n) is 20.7. The van der Waals surface area contributed by atoms with Crippen LogP contribution in [-0.4, -0.2) is 37.0 Å². The number of carboxylic acid groups (broad SMARTS) is 1. The highest BCUT2D eigenvalue weighted by molar-refractivity contribution is 6.06. The Bertz CT molecular complexity index is 1610. The normalized spacial score (nSPS) is 14.5. The van der Waals surface area contributed by atoms with Crippen LogP contribution in [-0.2, 0) is 15.8 Å². The van der Waals surface area contributed by atoms with Crippen LogP contribution in [0.1, 0.15) is 43.0 Å². The van der Waals surface area contributed by atoms with E-state index in [1.54, 1.807) is 38.2 Å². The molecule has 1 atom stereocenters. The lowest BCUT2D eigenvalue weighted by Gasteiger charge is -2.30. The van der Waals surface area contributed by atoms with E-state index in [0.29, 0.717) is 22.8 Å². The number of hydrogen-bond acceptors (Lipinski definition) is 6. The number of H-pyrrole nitrogens is 1. The predicted octanol–water partition coefficient (Wildman–Crippen LogP) is 5.06. The molecule has 0 saturated carbocycles. The lowest BCUT2D eigenvalue weighted by molar-refractivity contribution is -0.138. The molecule has 0 spiro atoms. The Labute approximate surface area is 219 Å². The summed E-state index contributed by atoms with van der Waals surface area (Å²) in [6.45, 7) is 3.27. The van der Waals surface area contributed by atoms with Gasteiger partial charge in [0, 0.05) is 23.2 Å². The highest BCUT2D eigenvalue weighted by Gasteiger charge is 2.35. The van der Waals surface area contributed by atoms with E-state index in [0.717, 1.165) is 23.0 Å². The standard InChI is InChI=1S/C23H16F3N7O.C3H6O2/c1-12-19(22(34)31-17-6-7-18-14(8-17)10-28-32-18)20(33-21(30-12)15(9-27)11-29-33)13-2-4-16(5-3-13)23(24,25)26;1-2-3(4)5/h2-8,10-11,20,30H,1H3,(H,28,32)(H,31,34);2H2,1H3,(H,4,5). The summed E-state index contributed by atoms with van der Waals surface area (Å²) in [5, 5.41) is 34.9. The van der Waals surface area contributed by atoms with Crippen LogP contribution >= 0.6 is 0 Å². The first-order chi connectivity index (χ1) is 18.5. The monoisotopic (exact) mass is 537 g/mol. The number of carbonyl (C=O) groups excluding carboxylic acids is 1. The van der Waals surface area contributed by atoms with E-state index in [9.17, 15) is 28.0 Å². The van der Waals surface area contributed by atoms with Gasteiger partial charge in [0.25, 0.3) is 5.91 Å². The molecular formula is C26H22F3N7O3. The molecule has 13 heteroatoms. The number of fused-ring (bicyclic) bond motifs is 2. The number of allylic oxidation sites excluding steroid dienone is 1. The number of aromatic amines is 1. The molecule has 0 fully saturated rings. The number of rotatable bonds is 4. The molecule has 0 bridgehead atoms. The molecule has 10 nitrogen and oxygen atoms in total. The third kappa shape index (κ3) is 5.59. The van der Waals surface area contributed by atoms with Crippen molar-refractivity contribution in [1.82, 2.24) is 20.0 Å². The maximum atomic E-state index is 13.4. The first-order valence-electron chi connectivity index (χ1n) is 11.6. The zero-order chi connectivity index (χ0) is 28.3. The Hall–Kier alpha value is -5.12. The molecule has 0 saturated heterocycles. The fraction of sp³-hybridized carbons (Fsp3) is 0.192. The average molecular weight is 538 g/mol. The van der Waals surface area contributed by atoms with Gasteiger partial charge in [0.1, 0.15) is 23.5 Å². The molecule has 1 aliphatic rings. The predicted molar refractivity (Wildman–Crippen MR) is 135 cm³/mol. The van der Waals surface area contributed by atoms with Crippen LogP contribution in [0.4, 0.5) is 24.7 Å². The zero-order valence-corrected chi connectivity index (χ0v) is 20.7. The Morgan fingerprint density at radius 1 is 1.18 bits per heavy atom. The number of anilines is 2. The van der Waals surface area contributed by atoms with E-state index in [4.69, 9.17) is 5.11 Å². The van der Waals surface area contributed by atoms with Gasteiger partial charge < -0.3 is 15.7 Å². The van der Waals surface area contributed by atoms with Crippen LogP contribution in [0, 0.1) is 11.3 Å². The van der Waals surface area contributed by atoms with Crippen molar-refractivity contribution >= 4 is 34.3 Å². The van der Waals surface area contributed by atoms with E-state index in [1.165, 1.54) is 23.0 Å². The number of amides is 1. The van der Waals surface area contributed by atoms with E-state index in [-0.39, 0.29) is 17.6 Å². The molecule has 1 unspecified atom stereocenters. The summed E-state index contributed by atoms with van der Waals surface area (Å²) in [7, 11) is 0. The number of nitrogens with zero attached hydrogens (tertiary/aromatic N) is 4. The number of carbonyl (C=O) groups is 2. The van der Waals surface area contributed by atoms with Crippen molar-refractivity contribution in [3.05, 3.63) is 82.8 Å². The Morgan fingerprint density at radius 3 is 2.49 bits per heavy atom. The molecule has 39 heavy (non-hydrogen) atoms. The van der Waals surface area contributed by atoms with Crippen LogP contribution in [0.25, 0.3) is 10.9 Å². The van der Waals surface area contributed by atoms with E-state index >= 15 is 0 Å². The van der Waals surface area contributed by atoms with Gasteiger partial charge in [-0.25, -0.2) is 4.68 Å². The lowest BCUT2D eigenvalue weighted by atomic mass is 9.93. The first-order valence-corrected chi connectivity index (χ1v) is 11.6. The van der Waals surface area contributed by atoms with E-state index in [2.05, 4.69) is 25.9 Å². The summed E-state index contributed by atoms with van der Waals surface area (Å²) in [6.07, 6.45) is -1.29. The molecule has 4 aromatic rings. The Morgan fingerprint density at radius 2 is 1.87 bits per heavy atom. The number of hydrogen-bond donors (Lipinski definition) is 4. The fourth-order valence-corrected chi connectivity index (χ4v) is 4.01. The maximum Gasteiger partial charge on any atom is 0.416 e. The van der Waals surface area contributed by atoms with Gasteiger partial charge in [-0.1, -0.05) is 19.1 Å². The second-order valence-electron chi connectivity index (χ2n) is 8.52. The molecule has 1 aliphatic heterocycles. The summed E-state index contributed by atoms with van der Waals surface area (Å²) in [4.78, 5) is 22.8. The minimum atomic E-state index is -4.49. The first kappa shape index (κ1) is 26.9. The van der Waals surface area contributed by atoms with Crippen LogP contribution in [0.5, 0.6) is 0 Å². The summed E-state index contributed by atoms with van der Waals surface area (Å²) in [5.74, 6) is -0.844. The van der Waals surface area contributed by atoms with Crippen LogP contribution in [0.3, 0.4) is 0 Å². The number of aromatic nitrogens is 4. The number of alkyl halides is 3. The number of nitrogens with one attached hydrogen (secondary N) is 3. The molecule has 0 radical (unpaired) electrons. The van der Waals surface area contributed by atoms with Crippen LogP contribution in [0.15, 0.2) is 66.1 Å². The lowest BCUT2D eigenvalue weighted by Crippen LogP contribution is -2.31. The minimum Gasteiger partial charge on any atom is -0.481 e. The third-order valence-electron chi connectivity index (χ3n) is 5.94. The summed E-state index contributed by atoms with van der Waals surface area (Å²) in [6, 6.07) is 11.0. The molecule has 2 aromatic carbocycles. The van der Waals surface area contributed by atoms with E-state index in [1.807, 2.05) is 6.07 Å². The van der Waals surface area contributed by atoms with Gasteiger partial charge in [-0.15, -0.1) is 0 Å². The Balaban J connectivity index is 0.000000648. The topological polar surface area (TPSA) is 149 Å². The average Bonchev–Trinajstić information content (AvgIpc) is 3.54. The number of nitriles is 1. The Kier molecular flexibility index (Phi) is 7.39. The van der Waals surface area contributed by atoms with Crippen molar-refractivity contribution < 1.29 is 27.9 Å². The van der Waals surface area contributed by atoms with Gasteiger partial charge in [0.05, 0.1) is 29.0 Å². The van der Waals surface area contributed by atoms with Gasteiger partial charge in [-0.3, -0.25) is 14.7 Å². The third-order valence-corrected chi connectivity index (χ3v) is 5.94. The summed E-state index contributed by atoms with van der Waals surface area (Å²) >= 11 is 0. The molecule has 2 aromatic heterocycles. The van der Waals surface area contributed by atoms with Gasteiger partial charge >= 0.3 is 12.1 Å². The fourth-order valence-electron chi connectivity index (χ4n) is 4.01. The van der Waals surface area contributed by atoms with Crippen molar-refractivity contribution in [3.8, 4) is 6.07 Å². The van der Waals surface area contributed by atoms with Crippen molar-refractivity contribution in [2.45, 2.75) is 32.5 Å². The van der Waals surface area contributed by atoms with Gasteiger partial charge in [-0.2, -0.15) is 28.6 Å². The molecule has 1 amide bonds. The van der Waals surface area contributed by atoms with Crippen molar-refractivity contribution in [2.24, 2.45) is 0 Å². The number of benzene rings is 2. The molecule has 0 aliphatic carbocycles. The quantitative estimate of drug-likeness (QED) is 0.284. The van der Waals surface area contributed by atoms with Crippen LogP contribution in [0.2, 0.25) is 0 Å². The number of carboxylic acids is 1. The van der Waals surface area contributed by atoms with E-state index < -0.39 is 29.7 Å². The van der Waals surface area contributed by atoms with Crippen molar-refractivity contribution in [3.63, 3.8) is 0 Å². The highest BCUT2D eigenvalue weighted by Crippen LogP contribution is 2.39. The number of halogens is 3. The number of aliphatic carboxylic acids is 1. The molecular weight excluding hydrogens is 515 g/mol. The SMILES string of the molecule is CC1=C(C(=O)Nc2ccc3[nH]ncc3c2)C(c2ccc(C(F)(F)F)cc2)n2ncc(C#N)c2N1.CCC(=O)O.